The summed E-state index contributed by atoms with van der Waals surface area (Å²) in [5.41, 5.74) is 1.91. The maximum atomic E-state index is 11.0. The van der Waals surface area contributed by atoms with Crippen LogP contribution in [0.4, 0.5) is 5.69 Å². The number of halogens is 1. The Morgan fingerprint density at radius 2 is 1.86 bits per heavy atom. The van der Waals surface area contributed by atoms with Gasteiger partial charge in [0, 0.05) is 18.2 Å². The molecule has 0 saturated heterocycles. The first-order chi connectivity index (χ1) is 9.61. The number of ether oxygens (including phenoxy) is 1. The largest absolute Gasteiger partial charge is 1.00 e. The van der Waals surface area contributed by atoms with Gasteiger partial charge in [-0.15, -0.1) is 0 Å². The SMILES string of the molecule is CCCOc1cc(-c2cc[n+](C)cc2)ccc1[N+](=O)[O-].[I-]. The van der Waals surface area contributed by atoms with Crippen LogP contribution < -0.4 is 33.3 Å². The molecule has 2 aromatic rings. The Hall–Kier alpha value is -1.70. The number of nitro benzene ring substituents is 1. The van der Waals surface area contributed by atoms with Crippen molar-refractivity contribution < 1.29 is 38.2 Å². The zero-order chi connectivity index (χ0) is 14.5. The van der Waals surface area contributed by atoms with Crippen LogP contribution in [0.2, 0.25) is 0 Å². The number of benzene rings is 1. The smallest absolute Gasteiger partial charge is 0.310 e. The average Bonchev–Trinajstić information content (AvgIpc) is 2.45. The Balaban J connectivity index is 0.00000220. The van der Waals surface area contributed by atoms with E-state index in [-0.39, 0.29) is 29.7 Å². The minimum Gasteiger partial charge on any atom is -1.00 e. The van der Waals surface area contributed by atoms with Crippen molar-refractivity contribution in [2.45, 2.75) is 13.3 Å². The molecule has 0 fully saturated rings. The minimum absolute atomic E-state index is 0. The Morgan fingerprint density at radius 1 is 1.19 bits per heavy atom. The highest BCUT2D eigenvalue weighted by Gasteiger charge is 2.16. The second-order valence-corrected chi connectivity index (χ2v) is 4.54. The van der Waals surface area contributed by atoms with Crippen molar-refractivity contribution in [2.24, 2.45) is 7.05 Å². The van der Waals surface area contributed by atoms with Crippen molar-refractivity contribution in [3.63, 3.8) is 0 Å². The van der Waals surface area contributed by atoms with E-state index in [2.05, 4.69) is 0 Å². The summed E-state index contributed by atoms with van der Waals surface area (Å²) in [7, 11) is 1.94. The number of nitro groups is 1. The molecule has 0 aliphatic rings. The van der Waals surface area contributed by atoms with Gasteiger partial charge in [-0.3, -0.25) is 10.1 Å². The summed E-state index contributed by atoms with van der Waals surface area (Å²) < 4.78 is 7.42. The molecule has 1 aromatic carbocycles. The van der Waals surface area contributed by atoms with Crippen LogP contribution in [0.5, 0.6) is 5.75 Å². The number of nitrogens with zero attached hydrogens (tertiary/aromatic N) is 2. The van der Waals surface area contributed by atoms with Gasteiger partial charge in [-0.25, -0.2) is 4.57 Å². The third-order valence-corrected chi connectivity index (χ3v) is 2.93. The number of rotatable bonds is 5. The van der Waals surface area contributed by atoms with Gasteiger partial charge >= 0.3 is 5.69 Å². The molecule has 1 aromatic heterocycles. The molecule has 0 N–H and O–H groups in total. The van der Waals surface area contributed by atoms with E-state index in [1.54, 1.807) is 12.1 Å². The van der Waals surface area contributed by atoms with E-state index >= 15 is 0 Å². The van der Waals surface area contributed by atoms with Crippen molar-refractivity contribution >= 4 is 5.69 Å². The molecule has 2 rings (SSSR count). The van der Waals surface area contributed by atoms with Crippen molar-refractivity contribution in [1.29, 1.82) is 0 Å². The Bertz CT molecular complexity index is 615. The van der Waals surface area contributed by atoms with Crippen LogP contribution in [0.15, 0.2) is 42.7 Å². The van der Waals surface area contributed by atoms with Gasteiger partial charge in [-0.1, -0.05) is 6.92 Å². The number of aryl methyl sites for hydroxylation is 1. The highest BCUT2D eigenvalue weighted by molar-refractivity contribution is 5.67. The lowest BCUT2D eigenvalue weighted by atomic mass is 10.1. The van der Waals surface area contributed by atoms with Gasteiger partial charge in [-0.2, -0.15) is 0 Å². The molecule has 0 aliphatic carbocycles. The molecule has 5 nitrogen and oxygen atoms in total. The summed E-state index contributed by atoms with van der Waals surface area (Å²) in [5, 5.41) is 11.0. The maximum Gasteiger partial charge on any atom is 0.310 e. The average molecular weight is 400 g/mol. The molecule has 0 atom stereocenters. The standard InChI is InChI=1S/C15H17N2O3.HI/c1-3-10-20-15-11-13(4-5-14(15)17(18)19)12-6-8-16(2)9-7-12;/h4-9,11H,3,10H2,1-2H3;1H/q+1;/p-1. The Kier molecular flexibility index (Phi) is 6.54. The normalized spacial score (nSPS) is 9.81. The molecule has 1 heterocycles. The molecular weight excluding hydrogens is 383 g/mol. The topological polar surface area (TPSA) is 56.2 Å². The van der Waals surface area contributed by atoms with Crippen LogP contribution in [-0.4, -0.2) is 11.5 Å². The van der Waals surface area contributed by atoms with Crippen LogP contribution in [0.25, 0.3) is 11.1 Å². The minimum atomic E-state index is -0.417. The highest BCUT2D eigenvalue weighted by atomic mass is 127. The fourth-order valence-corrected chi connectivity index (χ4v) is 1.87. The molecule has 0 radical (unpaired) electrons. The van der Waals surface area contributed by atoms with Gasteiger partial charge in [0.25, 0.3) is 0 Å². The number of hydrogen-bond donors (Lipinski definition) is 0. The predicted molar refractivity (Wildman–Crippen MR) is 75.5 cm³/mol. The lowest BCUT2D eigenvalue weighted by Crippen LogP contribution is -3.00. The molecule has 112 valence electrons. The summed E-state index contributed by atoms with van der Waals surface area (Å²) in [6, 6.07) is 8.89. The van der Waals surface area contributed by atoms with E-state index in [0.717, 1.165) is 17.5 Å². The first-order valence-electron chi connectivity index (χ1n) is 6.48. The van der Waals surface area contributed by atoms with E-state index in [4.69, 9.17) is 4.74 Å². The van der Waals surface area contributed by atoms with Crippen LogP contribution in [-0.2, 0) is 7.05 Å². The van der Waals surface area contributed by atoms with E-state index in [9.17, 15) is 10.1 Å². The zero-order valence-electron chi connectivity index (χ0n) is 12.0. The summed E-state index contributed by atoms with van der Waals surface area (Å²) >= 11 is 0. The monoisotopic (exact) mass is 400 g/mol. The van der Waals surface area contributed by atoms with Crippen molar-refractivity contribution in [3.05, 3.63) is 52.8 Å². The summed E-state index contributed by atoms with van der Waals surface area (Å²) in [6.45, 7) is 2.43. The molecular formula is C15H17IN2O3. The van der Waals surface area contributed by atoms with Crippen LogP contribution in [0.3, 0.4) is 0 Å². The summed E-state index contributed by atoms with van der Waals surface area (Å²) in [5.74, 6) is 0.322. The number of aromatic nitrogens is 1. The van der Waals surface area contributed by atoms with Gasteiger partial charge in [0.1, 0.15) is 7.05 Å². The molecule has 0 unspecified atom stereocenters. The third kappa shape index (κ3) is 4.38. The molecule has 6 heteroatoms. The van der Waals surface area contributed by atoms with Gasteiger partial charge in [0.05, 0.1) is 11.5 Å². The fourth-order valence-electron chi connectivity index (χ4n) is 1.87. The second kappa shape index (κ2) is 7.92. The highest BCUT2D eigenvalue weighted by Crippen LogP contribution is 2.32. The first kappa shape index (κ1) is 17.4. The summed E-state index contributed by atoms with van der Waals surface area (Å²) in [4.78, 5) is 10.6. The van der Waals surface area contributed by atoms with Gasteiger partial charge in [0.2, 0.25) is 0 Å². The quantitative estimate of drug-likeness (QED) is 0.305. The fraction of sp³-hybridized carbons (Fsp3) is 0.267. The third-order valence-electron chi connectivity index (χ3n) is 2.93. The first-order valence-corrected chi connectivity index (χ1v) is 6.48. The van der Waals surface area contributed by atoms with Gasteiger partial charge in [-0.05, 0) is 29.7 Å². The molecule has 0 bridgehead atoms. The Morgan fingerprint density at radius 3 is 2.43 bits per heavy atom. The maximum absolute atomic E-state index is 11.0. The number of pyridine rings is 1. The van der Waals surface area contributed by atoms with Crippen molar-refractivity contribution in [2.75, 3.05) is 6.61 Å². The van der Waals surface area contributed by atoms with Crippen molar-refractivity contribution in [3.8, 4) is 16.9 Å². The molecule has 0 amide bonds. The molecule has 0 spiro atoms. The Labute approximate surface area is 140 Å². The van der Waals surface area contributed by atoms with Crippen LogP contribution in [0, 0.1) is 10.1 Å². The van der Waals surface area contributed by atoms with Gasteiger partial charge in [0.15, 0.2) is 18.1 Å². The van der Waals surface area contributed by atoms with Crippen molar-refractivity contribution in [1.82, 2.24) is 0 Å². The molecule has 0 saturated carbocycles. The van der Waals surface area contributed by atoms with E-state index in [0.29, 0.717) is 12.4 Å². The second-order valence-electron chi connectivity index (χ2n) is 4.54. The van der Waals surface area contributed by atoms with E-state index < -0.39 is 4.92 Å². The number of hydrogen-bond acceptors (Lipinski definition) is 3. The lowest BCUT2D eigenvalue weighted by Gasteiger charge is -2.07. The zero-order valence-corrected chi connectivity index (χ0v) is 14.1. The predicted octanol–water partition coefficient (Wildman–Crippen LogP) is -0.121. The van der Waals surface area contributed by atoms with E-state index in [1.165, 1.54) is 6.07 Å². The van der Waals surface area contributed by atoms with Crippen LogP contribution in [0.1, 0.15) is 13.3 Å². The summed E-state index contributed by atoms with van der Waals surface area (Å²) in [6.07, 6.45) is 4.68. The van der Waals surface area contributed by atoms with Crippen LogP contribution >= 0.6 is 0 Å². The van der Waals surface area contributed by atoms with Gasteiger partial charge < -0.3 is 28.7 Å². The molecule has 21 heavy (non-hydrogen) atoms. The molecule has 0 aliphatic heterocycles. The van der Waals surface area contributed by atoms with E-state index in [1.807, 2.05) is 43.1 Å². The lowest BCUT2D eigenvalue weighted by molar-refractivity contribution is -0.671.